The van der Waals surface area contributed by atoms with Crippen molar-refractivity contribution in [2.75, 3.05) is 5.43 Å². The molecule has 0 saturated heterocycles. The van der Waals surface area contributed by atoms with Gasteiger partial charge >= 0.3 is 0 Å². The molecule has 1 atom stereocenters. The van der Waals surface area contributed by atoms with Gasteiger partial charge in [-0.2, -0.15) is 5.10 Å². The fraction of sp³-hybridized carbons (Fsp3) is 0.231. The summed E-state index contributed by atoms with van der Waals surface area (Å²) in [6.45, 7) is 4.09. The predicted molar refractivity (Wildman–Crippen MR) is 73.8 cm³/mol. The molecule has 1 heterocycles. The number of hydrogen-bond donors (Lipinski definition) is 1. The molecule has 0 fully saturated rings. The Morgan fingerprint density at radius 1 is 1.35 bits per heavy atom. The number of aromatic nitrogens is 1. The lowest BCUT2D eigenvalue weighted by molar-refractivity contribution is 1.04. The average Bonchev–Trinajstić information content (AvgIpc) is 2.76. The summed E-state index contributed by atoms with van der Waals surface area (Å²) in [6.07, 6.45) is 1.89. The minimum atomic E-state index is 0.296. The Kier molecular flexibility index (Phi) is 3.88. The highest BCUT2D eigenvalue weighted by Gasteiger charge is 2.00. The first-order valence-corrected chi connectivity index (χ1v) is 6.40. The molecule has 0 aliphatic carbocycles. The van der Waals surface area contributed by atoms with Gasteiger partial charge in [0.2, 0.25) is 5.13 Å². The van der Waals surface area contributed by atoms with Crippen LogP contribution in [0.1, 0.15) is 24.1 Å². The first kappa shape index (κ1) is 11.8. The maximum atomic E-state index is 4.27. The van der Waals surface area contributed by atoms with Crippen LogP contribution in [0, 0.1) is 6.92 Å². The van der Waals surface area contributed by atoms with E-state index in [9.17, 15) is 0 Å². The van der Waals surface area contributed by atoms with Crippen molar-refractivity contribution < 1.29 is 0 Å². The summed E-state index contributed by atoms with van der Waals surface area (Å²) in [6, 6.07) is 10.3. The number of benzene rings is 1. The summed E-state index contributed by atoms with van der Waals surface area (Å²) in [5.41, 5.74) is 5.22. The number of aryl methyl sites for hydroxylation is 1. The molecule has 1 aromatic heterocycles. The van der Waals surface area contributed by atoms with E-state index < -0.39 is 0 Å². The van der Waals surface area contributed by atoms with Gasteiger partial charge in [-0.05, 0) is 12.5 Å². The lowest BCUT2D eigenvalue weighted by Gasteiger charge is -2.04. The number of hydrogen-bond acceptors (Lipinski definition) is 4. The average molecular weight is 245 g/mol. The van der Waals surface area contributed by atoms with Crippen molar-refractivity contribution in [2.45, 2.75) is 19.8 Å². The Labute approximate surface area is 105 Å². The van der Waals surface area contributed by atoms with Crippen molar-refractivity contribution in [1.82, 2.24) is 4.98 Å². The number of nitrogens with one attached hydrogen (secondary N) is 1. The zero-order valence-electron chi connectivity index (χ0n) is 9.92. The van der Waals surface area contributed by atoms with Gasteiger partial charge in [-0.1, -0.05) is 37.3 Å². The lowest BCUT2D eigenvalue weighted by atomic mass is 10.0. The van der Waals surface area contributed by atoms with Gasteiger partial charge in [0.05, 0.1) is 5.69 Å². The van der Waals surface area contributed by atoms with Crippen molar-refractivity contribution in [1.29, 1.82) is 0 Å². The van der Waals surface area contributed by atoms with Crippen molar-refractivity contribution in [3.63, 3.8) is 0 Å². The Bertz CT molecular complexity index is 490. The van der Waals surface area contributed by atoms with E-state index in [1.54, 1.807) is 11.3 Å². The molecule has 2 aromatic rings. The molecule has 4 heteroatoms. The normalized spacial score (nSPS) is 12.8. The van der Waals surface area contributed by atoms with E-state index in [1.165, 1.54) is 5.56 Å². The number of nitrogens with zero attached hydrogens (tertiary/aromatic N) is 2. The van der Waals surface area contributed by atoms with Crippen LogP contribution in [-0.4, -0.2) is 11.2 Å². The molecule has 0 radical (unpaired) electrons. The van der Waals surface area contributed by atoms with E-state index in [0.717, 1.165) is 10.8 Å². The molecule has 1 N–H and O–H groups in total. The largest absolute Gasteiger partial charge is 0.253 e. The molecule has 2 rings (SSSR count). The summed E-state index contributed by atoms with van der Waals surface area (Å²) in [5.74, 6) is 0.296. The van der Waals surface area contributed by atoms with Crippen LogP contribution in [0.4, 0.5) is 5.13 Å². The Balaban J connectivity index is 1.93. The van der Waals surface area contributed by atoms with Gasteiger partial charge in [-0.15, -0.1) is 11.3 Å². The van der Waals surface area contributed by atoms with Crippen LogP contribution in [0.15, 0.2) is 40.8 Å². The summed E-state index contributed by atoms with van der Waals surface area (Å²) >= 11 is 1.56. The third kappa shape index (κ3) is 3.39. The van der Waals surface area contributed by atoms with Gasteiger partial charge in [0.25, 0.3) is 0 Å². The number of rotatable bonds is 4. The standard InChI is InChI=1S/C13H15N3S/c1-10(12-6-4-3-5-7-12)8-14-16-13-15-11(2)9-17-13/h3-10H,1-2H3,(H,15,16)/b14-8+/t10-/m0/s1. The topological polar surface area (TPSA) is 37.3 Å². The zero-order chi connectivity index (χ0) is 12.1. The highest BCUT2D eigenvalue weighted by Crippen LogP contribution is 2.15. The van der Waals surface area contributed by atoms with Crippen molar-refractivity contribution in [3.8, 4) is 0 Å². The molecule has 0 amide bonds. The van der Waals surface area contributed by atoms with Crippen LogP contribution in [-0.2, 0) is 0 Å². The Hall–Kier alpha value is -1.68. The highest BCUT2D eigenvalue weighted by molar-refractivity contribution is 7.13. The number of thiazole rings is 1. The molecular formula is C13H15N3S. The van der Waals surface area contributed by atoms with Crippen LogP contribution < -0.4 is 5.43 Å². The number of hydrazone groups is 1. The molecule has 0 saturated carbocycles. The smallest absolute Gasteiger partial charge is 0.203 e. The summed E-state index contributed by atoms with van der Waals surface area (Å²) in [5, 5.41) is 7.04. The van der Waals surface area contributed by atoms with Gasteiger partial charge < -0.3 is 0 Å². The van der Waals surface area contributed by atoms with Crippen molar-refractivity contribution in [3.05, 3.63) is 47.0 Å². The van der Waals surface area contributed by atoms with Crippen LogP contribution in [0.2, 0.25) is 0 Å². The molecule has 88 valence electrons. The predicted octanol–water partition coefficient (Wildman–Crippen LogP) is 3.65. The van der Waals surface area contributed by atoms with Crippen LogP contribution in [0.3, 0.4) is 0 Å². The maximum absolute atomic E-state index is 4.27. The minimum absolute atomic E-state index is 0.296. The molecule has 0 aliphatic heterocycles. The van der Waals surface area contributed by atoms with E-state index >= 15 is 0 Å². The Morgan fingerprint density at radius 2 is 2.12 bits per heavy atom. The quantitative estimate of drug-likeness (QED) is 0.659. The molecule has 0 spiro atoms. The maximum Gasteiger partial charge on any atom is 0.203 e. The first-order chi connectivity index (χ1) is 8.25. The van der Waals surface area contributed by atoms with Gasteiger partial charge in [0.1, 0.15) is 0 Å². The van der Waals surface area contributed by atoms with Gasteiger partial charge in [0, 0.05) is 17.5 Å². The summed E-state index contributed by atoms with van der Waals surface area (Å²) in [4.78, 5) is 4.27. The third-order valence-corrected chi connectivity index (χ3v) is 3.27. The Morgan fingerprint density at radius 3 is 2.76 bits per heavy atom. The van der Waals surface area contributed by atoms with Gasteiger partial charge in [-0.25, -0.2) is 4.98 Å². The van der Waals surface area contributed by atoms with E-state index in [1.807, 2.05) is 36.7 Å². The highest BCUT2D eigenvalue weighted by atomic mass is 32.1. The van der Waals surface area contributed by atoms with Crippen LogP contribution in [0.25, 0.3) is 0 Å². The molecule has 17 heavy (non-hydrogen) atoms. The summed E-state index contributed by atoms with van der Waals surface area (Å²) < 4.78 is 0. The second-order valence-electron chi connectivity index (χ2n) is 3.88. The van der Waals surface area contributed by atoms with E-state index in [4.69, 9.17) is 0 Å². The fourth-order valence-corrected chi connectivity index (χ4v) is 2.09. The monoisotopic (exact) mass is 245 g/mol. The molecule has 0 unspecified atom stereocenters. The van der Waals surface area contributed by atoms with Crippen molar-refractivity contribution in [2.24, 2.45) is 5.10 Å². The molecule has 1 aromatic carbocycles. The molecule has 0 bridgehead atoms. The van der Waals surface area contributed by atoms with E-state index in [0.29, 0.717) is 5.92 Å². The second kappa shape index (κ2) is 5.59. The first-order valence-electron chi connectivity index (χ1n) is 5.52. The SMILES string of the molecule is Cc1csc(N/N=C/[C@H](C)c2ccccc2)n1. The van der Waals surface area contributed by atoms with Crippen LogP contribution >= 0.6 is 11.3 Å². The number of anilines is 1. The van der Waals surface area contributed by atoms with Crippen LogP contribution in [0.5, 0.6) is 0 Å². The lowest BCUT2D eigenvalue weighted by Crippen LogP contribution is -1.97. The van der Waals surface area contributed by atoms with E-state index in [2.05, 4.69) is 34.6 Å². The van der Waals surface area contributed by atoms with Gasteiger partial charge in [-0.3, -0.25) is 5.43 Å². The molecule has 0 aliphatic rings. The fourth-order valence-electron chi connectivity index (χ4n) is 1.45. The third-order valence-electron chi connectivity index (χ3n) is 2.40. The van der Waals surface area contributed by atoms with E-state index in [-0.39, 0.29) is 0 Å². The van der Waals surface area contributed by atoms with Crippen molar-refractivity contribution >= 4 is 22.7 Å². The van der Waals surface area contributed by atoms with Gasteiger partial charge in [0.15, 0.2) is 0 Å². The summed E-state index contributed by atoms with van der Waals surface area (Å²) in [7, 11) is 0. The molecule has 3 nitrogen and oxygen atoms in total. The second-order valence-corrected chi connectivity index (χ2v) is 4.74. The zero-order valence-corrected chi connectivity index (χ0v) is 10.7. The molecular weight excluding hydrogens is 230 g/mol. The minimum Gasteiger partial charge on any atom is -0.253 e.